The van der Waals surface area contributed by atoms with Crippen LogP contribution in [-0.2, 0) is 5.88 Å². The van der Waals surface area contributed by atoms with Gasteiger partial charge >= 0.3 is 0 Å². The molecule has 0 radical (unpaired) electrons. The number of aromatic nitrogens is 3. The van der Waals surface area contributed by atoms with Crippen molar-refractivity contribution >= 4 is 23.5 Å². The number of nitrogens with zero attached hydrogens (tertiary/aromatic N) is 3. The van der Waals surface area contributed by atoms with E-state index in [0.717, 1.165) is 6.54 Å². The van der Waals surface area contributed by atoms with Crippen molar-refractivity contribution in [2.45, 2.75) is 12.8 Å². The van der Waals surface area contributed by atoms with E-state index in [1.165, 1.54) is 0 Å². The van der Waals surface area contributed by atoms with Gasteiger partial charge in [0.2, 0.25) is 11.9 Å². The van der Waals surface area contributed by atoms with E-state index in [1.807, 2.05) is 6.92 Å². The van der Waals surface area contributed by atoms with Crippen LogP contribution in [0.1, 0.15) is 12.7 Å². The molecule has 0 saturated carbocycles. The van der Waals surface area contributed by atoms with Crippen molar-refractivity contribution in [1.82, 2.24) is 15.0 Å². The summed E-state index contributed by atoms with van der Waals surface area (Å²) in [6.07, 6.45) is 0. The maximum absolute atomic E-state index is 5.62. The first-order valence-corrected chi connectivity index (χ1v) is 4.56. The fraction of sp³-hybridized carbons (Fsp3) is 0.571. The second-order valence-electron chi connectivity index (χ2n) is 2.31. The predicted molar refractivity (Wildman–Crippen MR) is 53.1 cm³/mol. The van der Waals surface area contributed by atoms with Gasteiger partial charge in [0.05, 0.1) is 5.88 Å². The summed E-state index contributed by atoms with van der Waals surface area (Å²) in [6.45, 7) is 2.75. The molecule has 13 heavy (non-hydrogen) atoms. The standard InChI is InChI=1S/C7H12ClN5/c1-3-10-7-12-5(4-8)11-6(9-2)13-7/h3-4H2,1-2H3,(H2,9,10,11,12,13). The number of hydrogen-bond acceptors (Lipinski definition) is 5. The third kappa shape index (κ3) is 2.69. The third-order valence-electron chi connectivity index (χ3n) is 1.36. The molecule has 1 heterocycles. The summed E-state index contributed by atoms with van der Waals surface area (Å²) in [4.78, 5) is 12.2. The third-order valence-corrected chi connectivity index (χ3v) is 1.60. The zero-order valence-electron chi connectivity index (χ0n) is 7.63. The van der Waals surface area contributed by atoms with Gasteiger partial charge in [-0.25, -0.2) is 0 Å². The van der Waals surface area contributed by atoms with Crippen molar-refractivity contribution in [1.29, 1.82) is 0 Å². The molecule has 0 aromatic carbocycles. The van der Waals surface area contributed by atoms with Crippen molar-refractivity contribution in [2.24, 2.45) is 0 Å². The van der Waals surface area contributed by atoms with Gasteiger partial charge in [-0.3, -0.25) is 0 Å². The second kappa shape index (κ2) is 4.81. The zero-order chi connectivity index (χ0) is 9.68. The van der Waals surface area contributed by atoms with Crippen LogP contribution in [-0.4, -0.2) is 28.5 Å². The molecule has 0 atom stereocenters. The summed E-state index contributed by atoms with van der Waals surface area (Å²) in [5, 5.41) is 5.84. The van der Waals surface area contributed by atoms with Crippen LogP contribution >= 0.6 is 11.6 Å². The van der Waals surface area contributed by atoms with Crippen LogP contribution < -0.4 is 10.6 Å². The van der Waals surface area contributed by atoms with Crippen LogP contribution in [0.5, 0.6) is 0 Å². The zero-order valence-corrected chi connectivity index (χ0v) is 8.39. The minimum absolute atomic E-state index is 0.287. The molecule has 0 aliphatic rings. The molecule has 0 aliphatic carbocycles. The molecule has 6 heteroatoms. The van der Waals surface area contributed by atoms with Crippen LogP contribution in [0, 0.1) is 0 Å². The Morgan fingerprint density at radius 3 is 2.46 bits per heavy atom. The number of halogens is 1. The minimum Gasteiger partial charge on any atom is -0.357 e. The Labute approximate surface area is 82.0 Å². The molecule has 1 aromatic rings. The maximum Gasteiger partial charge on any atom is 0.227 e. The smallest absolute Gasteiger partial charge is 0.227 e. The molecule has 72 valence electrons. The Kier molecular flexibility index (Phi) is 3.70. The van der Waals surface area contributed by atoms with Gasteiger partial charge in [0.25, 0.3) is 0 Å². The Bertz CT molecular complexity index is 255. The van der Waals surface area contributed by atoms with Crippen LogP contribution in [0.25, 0.3) is 0 Å². The number of hydrogen-bond donors (Lipinski definition) is 2. The topological polar surface area (TPSA) is 62.7 Å². The first kappa shape index (κ1) is 9.98. The summed E-state index contributed by atoms with van der Waals surface area (Å²) >= 11 is 5.62. The highest BCUT2D eigenvalue weighted by Crippen LogP contribution is 2.06. The predicted octanol–water partition coefficient (Wildman–Crippen LogP) is 1.08. The van der Waals surface area contributed by atoms with Gasteiger partial charge in [0.1, 0.15) is 0 Å². The molecule has 0 unspecified atom stereocenters. The molecule has 2 N–H and O–H groups in total. The molecule has 0 spiro atoms. The average Bonchev–Trinajstić information content (AvgIpc) is 2.17. The lowest BCUT2D eigenvalue weighted by atomic mass is 10.6. The Balaban J connectivity index is 2.93. The van der Waals surface area contributed by atoms with Crippen LogP contribution in [0.2, 0.25) is 0 Å². The van der Waals surface area contributed by atoms with Gasteiger partial charge in [0.15, 0.2) is 5.82 Å². The van der Waals surface area contributed by atoms with Crippen molar-refractivity contribution < 1.29 is 0 Å². The summed E-state index contributed by atoms with van der Waals surface area (Å²) in [7, 11) is 1.75. The highest BCUT2D eigenvalue weighted by Gasteiger charge is 2.02. The van der Waals surface area contributed by atoms with Gasteiger partial charge in [-0.2, -0.15) is 15.0 Å². The van der Waals surface area contributed by atoms with E-state index in [4.69, 9.17) is 11.6 Å². The molecule has 1 aromatic heterocycles. The lowest BCUT2D eigenvalue weighted by molar-refractivity contribution is 0.951. The highest BCUT2D eigenvalue weighted by atomic mass is 35.5. The number of anilines is 2. The highest BCUT2D eigenvalue weighted by molar-refractivity contribution is 6.16. The molecule has 0 fully saturated rings. The van der Waals surface area contributed by atoms with E-state index in [0.29, 0.717) is 17.7 Å². The fourth-order valence-corrected chi connectivity index (χ4v) is 0.948. The SMILES string of the molecule is CCNc1nc(CCl)nc(NC)n1. The lowest BCUT2D eigenvalue weighted by Gasteiger charge is -2.04. The Morgan fingerprint density at radius 1 is 1.23 bits per heavy atom. The fourth-order valence-electron chi connectivity index (χ4n) is 0.829. The van der Waals surface area contributed by atoms with Crippen LogP contribution in [0.3, 0.4) is 0 Å². The van der Waals surface area contributed by atoms with Gasteiger partial charge in [-0.05, 0) is 6.92 Å². The second-order valence-corrected chi connectivity index (χ2v) is 2.58. The van der Waals surface area contributed by atoms with Crippen molar-refractivity contribution in [2.75, 3.05) is 24.2 Å². The van der Waals surface area contributed by atoms with E-state index < -0.39 is 0 Å². The lowest BCUT2D eigenvalue weighted by Crippen LogP contribution is -2.08. The maximum atomic E-state index is 5.62. The van der Waals surface area contributed by atoms with E-state index in [2.05, 4.69) is 25.6 Å². The van der Waals surface area contributed by atoms with E-state index in [9.17, 15) is 0 Å². The molecule has 1 rings (SSSR count). The van der Waals surface area contributed by atoms with Crippen LogP contribution in [0.15, 0.2) is 0 Å². The summed E-state index contributed by atoms with van der Waals surface area (Å²) < 4.78 is 0. The van der Waals surface area contributed by atoms with E-state index in [-0.39, 0.29) is 5.88 Å². The molecular formula is C7H12ClN5. The number of rotatable bonds is 4. The normalized spacial score (nSPS) is 9.77. The van der Waals surface area contributed by atoms with E-state index >= 15 is 0 Å². The van der Waals surface area contributed by atoms with Gasteiger partial charge in [-0.15, -0.1) is 11.6 Å². The quantitative estimate of drug-likeness (QED) is 0.714. The van der Waals surface area contributed by atoms with Gasteiger partial charge in [0, 0.05) is 13.6 Å². The first-order chi connectivity index (χ1) is 6.30. The monoisotopic (exact) mass is 201 g/mol. The van der Waals surface area contributed by atoms with Crippen molar-refractivity contribution in [3.63, 3.8) is 0 Å². The number of alkyl halides is 1. The first-order valence-electron chi connectivity index (χ1n) is 4.02. The van der Waals surface area contributed by atoms with Crippen LogP contribution in [0.4, 0.5) is 11.9 Å². The molecule has 0 aliphatic heterocycles. The van der Waals surface area contributed by atoms with Crippen molar-refractivity contribution in [3.8, 4) is 0 Å². The summed E-state index contributed by atoms with van der Waals surface area (Å²) in [5.74, 6) is 1.94. The molecule has 0 saturated heterocycles. The van der Waals surface area contributed by atoms with Gasteiger partial charge < -0.3 is 10.6 Å². The molecule has 0 amide bonds. The molecule has 5 nitrogen and oxygen atoms in total. The van der Waals surface area contributed by atoms with Crippen molar-refractivity contribution in [3.05, 3.63) is 5.82 Å². The summed E-state index contributed by atoms with van der Waals surface area (Å²) in [6, 6.07) is 0. The minimum atomic E-state index is 0.287. The summed E-state index contributed by atoms with van der Waals surface area (Å²) in [5.41, 5.74) is 0. The largest absolute Gasteiger partial charge is 0.357 e. The Morgan fingerprint density at radius 2 is 1.92 bits per heavy atom. The Hall–Kier alpha value is -1.10. The number of nitrogens with one attached hydrogen (secondary N) is 2. The van der Waals surface area contributed by atoms with E-state index in [1.54, 1.807) is 7.05 Å². The molecule has 0 bridgehead atoms. The average molecular weight is 202 g/mol. The van der Waals surface area contributed by atoms with Gasteiger partial charge in [-0.1, -0.05) is 0 Å². The molecular weight excluding hydrogens is 190 g/mol.